The van der Waals surface area contributed by atoms with Gasteiger partial charge < -0.3 is 19.7 Å². The number of rotatable bonds is 2. The molecule has 0 unspecified atom stereocenters. The first-order chi connectivity index (χ1) is 18.6. The zero-order chi connectivity index (χ0) is 27.3. The summed E-state index contributed by atoms with van der Waals surface area (Å²) >= 11 is 0. The second-order valence-corrected chi connectivity index (χ2v) is 13.9. The van der Waals surface area contributed by atoms with Crippen LogP contribution in [0.25, 0.3) is 0 Å². The van der Waals surface area contributed by atoms with Crippen molar-refractivity contribution in [1.29, 1.82) is 0 Å². The third-order valence-electron chi connectivity index (χ3n) is 9.62. The topological polar surface area (TPSA) is 124 Å². The van der Waals surface area contributed by atoms with Crippen molar-refractivity contribution in [2.24, 2.45) is 23.7 Å². The molecule has 1 amide bonds. The Morgan fingerprint density at radius 2 is 1.54 bits per heavy atom. The van der Waals surface area contributed by atoms with E-state index in [-0.39, 0.29) is 6.09 Å². The van der Waals surface area contributed by atoms with Crippen LogP contribution in [0.4, 0.5) is 4.79 Å². The molecule has 0 radical (unpaired) electrons. The number of hydrogen-bond donors (Lipinski definition) is 2. The maximum absolute atomic E-state index is 12.4. The molecule has 7 aliphatic rings. The highest BCUT2D eigenvalue weighted by Crippen LogP contribution is 2.64. The average Bonchev–Trinajstić information content (AvgIpc) is 3.27. The fourth-order valence-electron chi connectivity index (χ4n) is 8.01. The molecule has 0 aromatic heterocycles. The summed E-state index contributed by atoms with van der Waals surface area (Å²) in [6, 6.07) is 8.06. The number of hydrogen-bond acceptors (Lipinski definition) is 8. The molecule has 8 rings (SSSR count). The number of benzene rings is 1. The van der Waals surface area contributed by atoms with Gasteiger partial charge in [-0.25, -0.2) is 4.79 Å². The second-order valence-electron chi connectivity index (χ2n) is 12.4. The lowest BCUT2D eigenvalue weighted by Crippen LogP contribution is -2.59. The lowest BCUT2D eigenvalue weighted by atomic mass is 9.53. The van der Waals surface area contributed by atoms with Gasteiger partial charge in [0, 0.05) is 50.9 Å². The standard InChI is InChI=1S/C27H36N2O5.CH4O3S/c30-25(29-11-9-28-10-12-29)31-24-3-1-20(2-4-24)21-5-7-26(8-6-21)32-27(34-33-26)22-14-18-13-19(16-22)17-23(27)15-18;1-5(2,3)4/h1-4,18-19,21-23,28H,5-17H2;1H3,(H,2,3,4). The fraction of sp³-hybridized carbons (Fsp3) is 0.750. The van der Waals surface area contributed by atoms with Crippen molar-refractivity contribution in [3.8, 4) is 5.75 Å². The van der Waals surface area contributed by atoms with Crippen LogP contribution in [0.1, 0.15) is 69.3 Å². The van der Waals surface area contributed by atoms with Crippen molar-refractivity contribution < 1.29 is 37.0 Å². The molecule has 1 aromatic rings. The first kappa shape index (κ1) is 27.4. The van der Waals surface area contributed by atoms with Crippen LogP contribution >= 0.6 is 0 Å². The van der Waals surface area contributed by atoms with Gasteiger partial charge in [0.2, 0.25) is 11.6 Å². The monoisotopic (exact) mass is 564 g/mol. The molecule has 0 atom stereocenters. The Morgan fingerprint density at radius 1 is 0.974 bits per heavy atom. The summed E-state index contributed by atoms with van der Waals surface area (Å²) in [7, 11) is -3.67. The molecule has 2 spiro atoms. The van der Waals surface area contributed by atoms with Crippen molar-refractivity contribution in [2.75, 3.05) is 32.4 Å². The summed E-state index contributed by atoms with van der Waals surface area (Å²) < 4.78 is 38.3. The number of piperazine rings is 1. The normalized spacial score (nSPS) is 39.0. The largest absolute Gasteiger partial charge is 0.415 e. The van der Waals surface area contributed by atoms with Crippen LogP contribution in [0.15, 0.2) is 24.3 Å². The third kappa shape index (κ3) is 5.85. The van der Waals surface area contributed by atoms with Gasteiger partial charge in [-0.3, -0.25) is 4.55 Å². The van der Waals surface area contributed by atoms with E-state index in [9.17, 15) is 13.2 Å². The average molecular weight is 565 g/mol. The van der Waals surface area contributed by atoms with Crippen molar-refractivity contribution in [3.05, 3.63) is 29.8 Å². The van der Waals surface area contributed by atoms with Crippen molar-refractivity contribution in [1.82, 2.24) is 10.2 Å². The maximum Gasteiger partial charge on any atom is 0.415 e. The summed E-state index contributed by atoms with van der Waals surface area (Å²) in [5, 5.41) is 3.25. The second kappa shape index (κ2) is 10.6. The quantitative estimate of drug-likeness (QED) is 0.404. The van der Waals surface area contributed by atoms with Gasteiger partial charge in [0.1, 0.15) is 5.75 Å². The maximum atomic E-state index is 12.4. The zero-order valence-electron chi connectivity index (χ0n) is 22.5. The highest BCUT2D eigenvalue weighted by Gasteiger charge is 2.66. The van der Waals surface area contributed by atoms with Gasteiger partial charge in [0.25, 0.3) is 10.1 Å². The molecule has 5 saturated carbocycles. The summed E-state index contributed by atoms with van der Waals surface area (Å²) in [5.74, 6) is 2.82. The van der Waals surface area contributed by atoms with Gasteiger partial charge in [0.15, 0.2) is 0 Å². The van der Waals surface area contributed by atoms with Crippen molar-refractivity contribution in [3.63, 3.8) is 0 Å². The Balaban J connectivity index is 0.000000510. The van der Waals surface area contributed by atoms with E-state index in [1.54, 1.807) is 4.90 Å². The van der Waals surface area contributed by atoms with Gasteiger partial charge in [-0.05, 0) is 80.4 Å². The summed E-state index contributed by atoms with van der Waals surface area (Å²) in [4.78, 5) is 26.4. The molecule has 2 N–H and O–H groups in total. The molecule has 2 saturated heterocycles. The highest BCUT2D eigenvalue weighted by atomic mass is 32.2. The van der Waals surface area contributed by atoms with E-state index in [1.807, 2.05) is 12.1 Å². The van der Waals surface area contributed by atoms with Gasteiger partial charge >= 0.3 is 6.09 Å². The van der Waals surface area contributed by atoms with Crippen LogP contribution in [0.2, 0.25) is 0 Å². The minimum atomic E-state index is -3.67. The minimum absolute atomic E-state index is 0.261. The van der Waals surface area contributed by atoms with E-state index in [0.717, 1.165) is 50.6 Å². The molecule has 10 nitrogen and oxygen atoms in total. The lowest BCUT2D eigenvalue weighted by molar-refractivity contribution is -0.390. The first-order valence-electron chi connectivity index (χ1n) is 14.4. The Labute approximate surface area is 230 Å². The molecular formula is C28H40N2O8S. The summed E-state index contributed by atoms with van der Waals surface area (Å²) in [5.41, 5.74) is 1.29. The smallest absolute Gasteiger partial charge is 0.410 e. The number of carbonyl (C=O) groups is 1. The molecule has 2 heterocycles. The SMILES string of the molecule is CS(=O)(=O)O.O=C(Oc1ccc(C2CCC3(CC2)OOC2(O3)C3CC4CC(C3)CC2C4)cc1)N1CCNCC1. The van der Waals surface area contributed by atoms with Crippen LogP contribution in [-0.4, -0.2) is 68.0 Å². The van der Waals surface area contributed by atoms with E-state index in [2.05, 4.69) is 17.4 Å². The molecule has 1 aromatic carbocycles. The van der Waals surface area contributed by atoms with Crippen LogP contribution in [-0.2, 0) is 24.6 Å². The van der Waals surface area contributed by atoms with Crippen molar-refractivity contribution in [2.45, 2.75) is 75.3 Å². The Hall–Kier alpha value is -1.76. The van der Waals surface area contributed by atoms with E-state index in [0.29, 0.717) is 42.8 Å². The van der Waals surface area contributed by atoms with Crippen LogP contribution < -0.4 is 10.1 Å². The molecule has 5 aliphatic carbocycles. The minimum Gasteiger partial charge on any atom is -0.410 e. The fourth-order valence-corrected chi connectivity index (χ4v) is 8.01. The van der Waals surface area contributed by atoms with E-state index in [4.69, 9.17) is 23.8 Å². The van der Waals surface area contributed by atoms with Crippen LogP contribution in [0.5, 0.6) is 5.75 Å². The van der Waals surface area contributed by atoms with Gasteiger partial charge in [-0.1, -0.05) is 12.1 Å². The van der Waals surface area contributed by atoms with Crippen LogP contribution in [0.3, 0.4) is 0 Å². The van der Waals surface area contributed by atoms with Gasteiger partial charge in [-0.15, -0.1) is 0 Å². The number of amides is 1. The molecule has 11 heteroatoms. The van der Waals surface area contributed by atoms with Gasteiger partial charge in [-0.2, -0.15) is 18.2 Å². The number of nitrogens with one attached hydrogen (secondary N) is 1. The van der Waals surface area contributed by atoms with E-state index in [1.165, 1.54) is 37.7 Å². The first-order valence-corrected chi connectivity index (χ1v) is 16.2. The summed E-state index contributed by atoms with van der Waals surface area (Å²) in [6.45, 7) is 3.02. The number of nitrogens with zero attached hydrogens (tertiary/aromatic N) is 1. The molecule has 2 aliphatic heterocycles. The van der Waals surface area contributed by atoms with Crippen LogP contribution in [0, 0.1) is 23.7 Å². The Bertz CT molecular complexity index is 1110. The predicted octanol–water partition coefficient (Wildman–Crippen LogP) is 4.08. The molecule has 7 fully saturated rings. The Kier molecular flexibility index (Phi) is 7.43. The number of carbonyl (C=O) groups excluding carboxylic acids is 1. The molecule has 216 valence electrons. The zero-order valence-corrected chi connectivity index (χ0v) is 23.4. The molecular weight excluding hydrogens is 524 g/mol. The number of ether oxygens (including phenoxy) is 2. The molecule has 39 heavy (non-hydrogen) atoms. The Morgan fingerprint density at radius 3 is 2.10 bits per heavy atom. The summed E-state index contributed by atoms with van der Waals surface area (Å²) in [6.07, 6.45) is 10.6. The molecule has 4 bridgehead atoms. The lowest BCUT2D eigenvalue weighted by Gasteiger charge is -2.57. The predicted molar refractivity (Wildman–Crippen MR) is 141 cm³/mol. The van der Waals surface area contributed by atoms with E-state index >= 15 is 0 Å². The van der Waals surface area contributed by atoms with E-state index < -0.39 is 21.7 Å². The third-order valence-corrected chi connectivity index (χ3v) is 9.62. The highest BCUT2D eigenvalue weighted by molar-refractivity contribution is 7.85. The van der Waals surface area contributed by atoms with Crippen molar-refractivity contribution >= 4 is 16.2 Å². The van der Waals surface area contributed by atoms with Gasteiger partial charge in [0.05, 0.1) is 6.26 Å².